The molecule has 1 aromatic carbocycles. The van der Waals surface area contributed by atoms with Gasteiger partial charge in [0, 0.05) is 6.42 Å². The highest BCUT2D eigenvalue weighted by atomic mass is 16.5. The Kier molecular flexibility index (Phi) is 2.76. The van der Waals surface area contributed by atoms with E-state index in [-0.39, 0.29) is 11.9 Å². The number of carbonyl (C=O) groups excluding carboxylic acids is 1. The van der Waals surface area contributed by atoms with Gasteiger partial charge >= 0.3 is 0 Å². The third kappa shape index (κ3) is 1.89. The summed E-state index contributed by atoms with van der Waals surface area (Å²) < 4.78 is 5.84. The molecule has 0 N–H and O–H groups in total. The van der Waals surface area contributed by atoms with E-state index in [1.165, 1.54) is 0 Å². The van der Waals surface area contributed by atoms with Gasteiger partial charge < -0.3 is 4.74 Å². The van der Waals surface area contributed by atoms with Crippen LogP contribution >= 0.6 is 0 Å². The van der Waals surface area contributed by atoms with Crippen LogP contribution in [0, 0.1) is 6.92 Å². The second-order valence-electron chi connectivity index (χ2n) is 4.06. The summed E-state index contributed by atoms with van der Waals surface area (Å²) in [5.41, 5.74) is 1.81. The molecule has 80 valence electrons. The maximum Gasteiger partial charge on any atom is 0.167 e. The lowest BCUT2D eigenvalue weighted by Crippen LogP contribution is -2.13. The molecule has 0 radical (unpaired) electrons. The molecule has 1 atom stereocenters. The normalized spacial score (nSPS) is 20.4. The van der Waals surface area contributed by atoms with Crippen LogP contribution in [-0.2, 0) is 0 Å². The maximum atomic E-state index is 11.9. The Labute approximate surface area is 90.3 Å². The quantitative estimate of drug-likeness (QED) is 0.702. The van der Waals surface area contributed by atoms with Crippen molar-refractivity contribution >= 4 is 5.78 Å². The molecule has 2 rings (SSSR count). The number of rotatable bonds is 1. The minimum absolute atomic E-state index is 0.192. The molecule has 0 amide bonds. The van der Waals surface area contributed by atoms with Crippen molar-refractivity contribution in [2.24, 2.45) is 0 Å². The van der Waals surface area contributed by atoms with E-state index in [1.807, 2.05) is 25.1 Å². The molecule has 2 heteroatoms. The van der Waals surface area contributed by atoms with Crippen LogP contribution in [0.5, 0.6) is 5.75 Å². The summed E-state index contributed by atoms with van der Waals surface area (Å²) in [6.07, 6.45) is 2.59. The van der Waals surface area contributed by atoms with E-state index in [0.717, 1.165) is 29.7 Å². The van der Waals surface area contributed by atoms with Gasteiger partial charge in [-0.3, -0.25) is 4.79 Å². The third-order valence-electron chi connectivity index (χ3n) is 2.96. The fraction of sp³-hybridized carbons (Fsp3) is 0.462. The number of hydrogen-bond donors (Lipinski definition) is 0. The van der Waals surface area contributed by atoms with Gasteiger partial charge in [-0.25, -0.2) is 0 Å². The summed E-state index contributed by atoms with van der Waals surface area (Å²) in [6.45, 7) is 4.06. The van der Waals surface area contributed by atoms with Crippen molar-refractivity contribution in [3.8, 4) is 5.75 Å². The first-order valence-electron chi connectivity index (χ1n) is 5.52. The Hall–Kier alpha value is -1.31. The molecule has 1 aliphatic heterocycles. The zero-order valence-corrected chi connectivity index (χ0v) is 9.25. The summed E-state index contributed by atoms with van der Waals surface area (Å²) in [5, 5.41) is 0. The molecular formula is C13H16O2. The number of fused-ring (bicyclic) bond motifs is 1. The van der Waals surface area contributed by atoms with E-state index in [2.05, 4.69) is 6.92 Å². The van der Waals surface area contributed by atoms with E-state index in [1.54, 1.807) is 0 Å². The fourth-order valence-electron chi connectivity index (χ4n) is 2.04. The third-order valence-corrected chi connectivity index (χ3v) is 2.96. The van der Waals surface area contributed by atoms with Crippen molar-refractivity contribution in [2.75, 3.05) is 0 Å². The first kappa shape index (κ1) is 10.2. The zero-order valence-electron chi connectivity index (χ0n) is 9.25. The van der Waals surface area contributed by atoms with Crippen molar-refractivity contribution < 1.29 is 9.53 Å². The van der Waals surface area contributed by atoms with Gasteiger partial charge in [0.15, 0.2) is 5.78 Å². The van der Waals surface area contributed by atoms with Crippen LogP contribution < -0.4 is 4.74 Å². The average Bonchev–Trinajstić information content (AvgIpc) is 2.39. The number of ether oxygens (including phenoxy) is 1. The lowest BCUT2D eigenvalue weighted by atomic mass is 10.0. The number of Topliss-reactive ketones (excluding diaryl/α,β-unsaturated/α-hetero) is 1. The van der Waals surface area contributed by atoms with Gasteiger partial charge in [-0.15, -0.1) is 0 Å². The van der Waals surface area contributed by atoms with Crippen LogP contribution in [0.15, 0.2) is 18.2 Å². The van der Waals surface area contributed by atoms with Crippen LogP contribution in [-0.4, -0.2) is 11.9 Å². The number of carbonyl (C=O) groups is 1. The number of ketones is 1. The molecule has 0 aliphatic carbocycles. The molecule has 0 saturated heterocycles. The summed E-state index contributed by atoms with van der Waals surface area (Å²) in [5.74, 6) is 0.989. The van der Waals surface area contributed by atoms with Crippen molar-refractivity contribution in [3.05, 3.63) is 29.3 Å². The van der Waals surface area contributed by atoms with E-state index in [9.17, 15) is 4.79 Å². The molecule has 0 saturated carbocycles. The van der Waals surface area contributed by atoms with E-state index < -0.39 is 0 Å². The molecule has 15 heavy (non-hydrogen) atoms. The minimum Gasteiger partial charge on any atom is -0.490 e. The molecule has 1 aliphatic rings. The van der Waals surface area contributed by atoms with E-state index >= 15 is 0 Å². The minimum atomic E-state index is 0.192. The SMILES string of the molecule is CCC1CCC(=O)c2c(C)cccc2O1. The summed E-state index contributed by atoms with van der Waals surface area (Å²) in [6, 6.07) is 5.81. The Morgan fingerprint density at radius 1 is 1.47 bits per heavy atom. The van der Waals surface area contributed by atoms with Gasteiger partial charge in [-0.2, -0.15) is 0 Å². The van der Waals surface area contributed by atoms with Crippen molar-refractivity contribution in [1.82, 2.24) is 0 Å². The summed E-state index contributed by atoms with van der Waals surface area (Å²) in [7, 11) is 0. The van der Waals surface area contributed by atoms with Crippen LogP contribution in [0.25, 0.3) is 0 Å². The molecule has 0 spiro atoms. The first-order valence-corrected chi connectivity index (χ1v) is 5.52. The number of hydrogen-bond acceptors (Lipinski definition) is 2. The van der Waals surface area contributed by atoms with Crippen LogP contribution in [0.1, 0.15) is 42.1 Å². The van der Waals surface area contributed by atoms with Gasteiger partial charge in [0.25, 0.3) is 0 Å². The van der Waals surface area contributed by atoms with E-state index in [4.69, 9.17) is 4.74 Å². The standard InChI is InChI=1S/C13H16O2/c1-3-10-7-8-11(14)13-9(2)5-4-6-12(13)15-10/h4-6,10H,3,7-8H2,1-2H3. The molecule has 0 fully saturated rings. The number of aryl methyl sites for hydroxylation is 1. The molecule has 1 unspecified atom stereocenters. The van der Waals surface area contributed by atoms with Gasteiger partial charge in [0.05, 0.1) is 11.7 Å². The summed E-state index contributed by atoms with van der Waals surface area (Å²) >= 11 is 0. The maximum absolute atomic E-state index is 11.9. The number of benzene rings is 1. The Balaban J connectivity index is 2.44. The van der Waals surface area contributed by atoms with Crippen molar-refractivity contribution in [3.63, 3.8) is 0 Å². The lowest BCUT2D eigenvalue weighted by molar-refractivity contribution is 0.0976. The van der Waals surface area contributed by atoms with Crippen LogP contribution in [0.4, 0.5) is 0 Å². The molecule has 1 heterocycles. The molecule has 2 nitrogen and oxygen atoms in total. The molecule has 0 aromatic heterocycles. The van der Waals surface area contributed by atoms with Gasteiger partial charge in [0.2, 0.25) is 0 Å². The topological polar surface area (TPSA) is 26.3 Å². The summed E-state index contributed by atoms with van der Waals surface area (Å²) in [4.78, 5) is 11.9. The highest BCUT2D eigenvalue weighted by molar-refractivity contribution is 6.00. The second kappa shape index (κ2) is 4.05. The van der Waals surface area contributed by atoms with Gasteiger partial charge in [-0.1, -0.05) is 19.1 Å². The smallest absolute Gasteiger partial charge is 0.167 e. The second-order valence-corrected chi connectivity index (χ2v) is 4.06. The zero-order chi connectivity index (χ0) is 10.8. The van der Waals surface area contributed by atoms with Gasteiger partial charge in [0.1, 0.15) is 5.75 Å². The fourth-order valence-corrected chi connectivity index (χ4v) is 2.04. The Morgan fingerprint density at radius 2 is 2.27 bits per heavy atom. The Morgan fingerprint density at radius 3 is 3.00 bits per heavy atom. The highest BCUT2D eigenvalue weighted by Crippen LogP contribution is 2.29. The largest absolute Gasteiger partial charge is 0.490 e. The van der Waals surface area contributed by atoms with Crippen molar-refractivity contribution in [1.29, 1.82) is 0 Å². The Bertz CT molecular complexity index is 382. The van der Waals surface area contributed by atoms with Crippen molar-refractivity contribution in [2.45, 2.75) is 39.2 Å². The lowest BCUT2D eigenvalue weighted by Gasteiger charge is -2.15. The molecule has 0 bridgehead atoms. The van der Waals surface area contributed by atoms with E-state index in [0.29, 0.717) is 6.42 Å². The molecule has 1 aromatic rings. The predicted molar refractivity (Wildman–Crippen MR) is 59.5 cm³/mol. The first-order chi connectivity index (χ1) is 7.22. The molecular weight excluding hydrogens is 188 g/mol. The monoisotopic (exact) mass is 204 g/mol. The van der Waals surface area contributed by atoms with Crippen LogP contribution in [0.2, 0.25) is 0 Å². The predicted octanol–water partition coefficient (Wildman–Crippen LogP) is 3.13. The van der Waals surface area contributed by atoms with Gasteiger partial charge in [-0.05, 0) is 31.4 Å². The highest BCUT2D eigenvalue weighted by Gasteiger charge is 2.22. The average molecular weight is 204 g/mol. The van der Waals surface area contributed by atoms with Crippen LogP contribution in [0.3, 0.4) is 0 Å².